The molecule has 0 aliphatic heterocycles. The van der Waals surface area contributed by atoms with Crippen LogP contribution in [0.1, 0.15) is 19.8 Å². The van der Waals surface area contributed by atoms with Crippen LogP contribution in [0.2, 0.25) is 0 Å². The van der Waals surface area contributed by atoms with Crippen molar-refractivity contribution >= 4 is 23.3 Å². The number of ether oxygens (including phenoxy) is 1. The van der Waals surface area contributed by atoms with Crippen molar-refractivity contribution < 1.29 is 4.74 Å². The number of fused-ring (bicyclic) bond motifs is 1. The summed E-state index contributed by atoms with van der Waals surface area (Å²) in [6, 6.07) is 6.08. The summed E-state index contributed by atoms with van der Waals surface area (Å²) in [6.07, 6.45) is 2.75. The molecule has 96 valence electrons. The molecule has 1 aromatic heterocycles. The Hall–Kier alpha value is -1.29. The zero-order valence-corrected chi connectivity index (χ0v) is 11.6. The Labute approximate surface area is 112 Å². The standard InChI is InChI=1S/C14H18N2OS/c1-9(10-6-7-10)8-16-11-4-3-5-12(17-2)13(11)15-14(16)18/h3-5,9-10H,6-8H2,1-2H3,(H,15,18). The lowest BCUT2D eigenvalue weighted by atomic mass is 10.1. The van der Waals surface area contributed by atoms with Gasteiger partial charge < -0.3 is 14.3 Å². The molecular weight excluding hydrogens is 244 g/mol. The molecule has 3 rings (SSSR count). The number of methoxy groups -OCH3 is 1. The highest BCUT2D eigenvalue weighted by Crippen LogP contribution is 2.38. The quantitative estimate of drug-likeness (QED) is 0.850. The maximum Gasteiger partial charge on any atom is 0.178 e. The molecular formula is C14H18N2OS. The number of nitrogens with one attached hydrogen (secondary N) is 1. The molecule has 1 aliphatic carbocycles. The minimum absolute atomic E-state index is 0.696. The van der Waals surface area contributed by atoms with Crippen molar-refractivity contribution in [1.82, 2.24) is 9.55 Å². The van der Waals surface area contributed by atoms with Crippen LogP contribution in [0.15, 0.2) is 18.2 Å². The van der Waals surface area contributed by atoms with Gasteiger partial charge in [-0.1, -0.05) is 13.0 Å². The van der Waals surface area contributed by atoms with E-state index in [1.807, 2.05) is 12.1 Å². The number of imidazole rings is 1. The Bertz CT molecular complexity index is 624. The molecule has 1 aromatic carbocycles. The fourth-order valence-corrected chi connectivity index (χ4v) is 2.88. The van der Waals surface area contributed by atoms with Crippen LogP contribution in [-0.2, 0) is 6.54 Å². The predicted molar refractivity (Wildman–Crippen MR) is 75.6 cm³/mol. The van der Waals surface area contributed by atoms with E-state index in [0.717, 1.165) is 34.0 Å². The molecule has 4 heteroatoms. The topological polar surface area (TPSA) is 29.9 Å². The van der Waals surface area contributed by atoms with Crippen LogP contribution in [-0.4, -0.2) is 16.7 Å². The zero-order valence-electron chi connectivity index (χ0n) is 10.8. The van der Waals surface area contributed by atoms with E-state index in [-0.39, 0.29) is 0 Å². The van der Waals surface area contributed by atoms with Crippen LogP contribution < -0.4 is 4.74 Å². The maximum atomic E-state index is 5.44. The second kappa shape index (κ2) is 4.43. The van der Waals surface area contributed by atoms with Crippen molar-refractivity contribution in [2.24, 2.45) is 11.8 Å². The first kappa shape index (κ1) is 11.8. The molecule has 18 heavy (non-hydrogen) atoms. The van der Waals surface area contributed by atoms with Crippen molar-refractivity contribution in [3.63, 3.8) is 0 Å². The van der Waals surface area contributed by atoms with Gasteiger partial charge >= 0.3 is 0 Å². The Morgan fingerprint density at radius 2 is 2.28 bits per heavy atom. The first-order chi connectivity index (χ1) is 8.70. The van der Waals surface area contributed by atoms with Gasteiger partial charge in [0.15, 0.2) is 4.77 Å². The number of benzene rings is 1. The number of nitrogens with zero attached hydrogens (tertiary/aromatic N) is 1. The van der Waals surface area contributed by atoms with Crippen LogP contribution in [0, 0.1) is 16.6 Å². The van der Waals surface area contributed by atoms with Gasteiger partial charge in [-0.15, -0.1) is 0 Å². The molecule has 1 unspecified atom stereocenters. The summed E-state index contributed by atoms with van der Waals surface area (Å²) in [7, 11) is 1.69. The van der Waals surface area contributed by atoms with Crippen LogP contribution in [0.5, 0.6) is 5.75 Å². The average Bonchev–Trinajstić information content (AvgIpc) is 3.16. The first-order valence-electron chi connectivity index (χ1n) is 6.46. The van der Waals surface area contributed by atoms with Crippen LogP contribution in [0.25, 0.3) is 11.0 Å². The number of aromatic nitrogens is 2. The molecule has 1 heterocycles. The number of H-pyrrole nitrogens is 1. The van der Waals surface area contributed by atoms with E-state index in [0.29, 0.717) is 5.92 Å². The molecule has 0 spiro atoms. The average molecular weight is 262 g/mol. The minimum atomic E-state index is 0.696. The summed E-state index contributed by atoms with van der Waals surface area (Å²) in [4.78, 5) is 3.26. The minimum Gasteiger partial charge on any atom is -0.494 e. The van der Waals surface area contributed by atoms with Gasteiger partial charge in [-0.05, 0) is 49.0 Å². The molecule has 1 fully saturated rings. The highest BCUT2D eigenvalue weighted by atomic mass is 32.1. The van der Waals surface area contributed by atoms with Gasteiger partial charge in [-0.3, -0.25) is 0 Å². The number of hydrogen-bond acceptors (Lipinski definition) is 2. The fraction of sp³-hybridized carbons (Fsp3) is 0.500. The van der Waals surface area contributed by atoms with Crippen molar-refractivity contribution in [2.75, 3.05) is 7.11 Å². The third-order valence-corrected chi connectivity index (χ3v) is 4.21. The lowest BCUT2D eigenvalue weighted by molar-refractivity contribution is 0.419. The highest BCUT2D eigenvalue weighted by Gasteiger charge is 2.28. The fourth-order valence-electron chi connectivity index (χ4n) is 2.61. The third-order valence-electron chi connectivity index (χ3n) is 3.89. The van der Waals surface area contributed by atoms with E-state index in [1.54, 1.807) is 7.11 Å². The molecule has 1 aliphatic rings. The summed E-state index contributed by atoms with van der Waals surface area (Å²) in [5, 5.41) is 0. The summed E-state index contributed by atoms with van der Waals surface area (Å²) in [5.74, 6) is 2.45. The number of hydrogen-bond donors (Lipinski definition) is 1. The van der Waals surface area contributed by atoms with E-state index in [2.05, 4.69) is 22.5 Å². The van der Waals surface area contributed by atoms with Gasteiger partial charge in [-0.25, -0.2) is 0 Å². The maximum absolute atomic E-state index is 5.44. The first-order valence-corrected chi connectivity index (χ1v) is 6.87. The van der Waals surface area contributed by atoms with Crippen molar-refractivity contribution in [2.45, 2.75) is 26.3 Å². The van der Waals surface area contributed by atoms with Gasteiger partial charge in [-0.2, -0.15) is 0 Å². The van der Waals surface area contributed by atoms with E-state index < -0.39 is 0 Å². The molecule has 1 N–H and O–H groups in total. The van der Waals surface area contributed by atoms with Crippen molar-refractivity contribution in [3.05, 3.63) is 23.0 Å². The Balaban J connectivity index is 2.05. The van der Waals surface area contributed by atoms with Gasteiger partial charge in [0.05, 0.1) is 12.6 Å². The number of para-hydroxylation sites is 1. The van der Waals surface area contributed by atoms with Gasteiger partial charge in [0.1, 0.15) is 11.3 Å². The van der Waals surface area contributed by atoms with Crippen LogP contribution in [0.3, 0.4) is 0 Å². The van der Waals surface area contributed by atoms with Crippen LogP contribution >= 0.6 is 12.2 Å². The van der Waals surface area contributed by atoms with Gasteiger partial charge in [0, 0.05) is 6.54 Å². The summed E-state index contributed by atoms with van der Waals surface area (Å²) in [6.45, 7) is 3.31. The largest absolute Gasteiger partial charge is 0.494 e. The molecule has 2 aromatic rings. The van der Waals surface area contributed by atoms with Crippen molar-refractivity contribution in [3.8, 4) is 5.75 Å². The van der Waals surface area contributed by atoms with E-state index in [4.69, 9.17) is 17.0 Å². The lowest BCUT2D eigenvalue weighted by Crippen LogP contribution is -2.09. The monoisotopic (exact) mass is 262 g/mol. The van der Waals surface area contributed by atoms with E-state index in [1.165, 1.54) is 12.8 Å². The zero-order chi connectivity index (χ0) is 12.7. The molecule has 1 atom stereocenters. The van der Waals surface area contributed by atoms with Crippen molar-refractivity contribution in [1.29, 1.82) is 0 Å². The van der Waals surface area contributed by atoms with E-state index in [9.17, 15) is 0 Å². The summed E-state index contributed by atoms with van der Waals surface area (Å²) < 4.78 is 8.37. The van der Waals surface area contributed by atoms with Gasteiger partial charge in [0.25, 0.3) is 0 Å². The molecule has 0 amide bonds. The SMILES string of the molecule is COc1cccc2c1[nH]c(=S)n2CC(C)C1CC1. The molecule has 0 radical (unpaired) electrons. The third kappa shape index (κ3) is 1.94. The second-order valence-electron chi connectivity index (χ2n) is 5.21. The number of rotatable bonds is 4. The Morgan fingerprint density at radius 1 is 1.50 bits per heavy atom. The van der Waals surface area contributed by atoms with Gasteiger partial charge in [0.2, 0.25) is 0 Å². The smallest absolute Gasteiger partial charge is 0.178 e. The summed E-state index contributed by atoms with van der Waals surface area (Å²) in [5.41, 5.74) is 2.15. The summed E-state index contributed by atoms with van der Waals surface area (Å²) >= 11 is 5.44. The lowest BCUT2D eigenvalue weighted by Gasteiger charge is -2.12. The predicted octanol–water partition coefficient (Wildman–Crippen LogP) is 3.75. The normalized spacial score (nSPS) is 17.0. The second-order valence-corrected chi connectivity index (χ2v) is 5.60. The molecule has 0 saturated heterocycles. The highest BCUT2D eigenvalue weighted by molar-refractivity contribution is 7.71. The number of aromatic amines is 1. The Morgan fingerprint density at radius 3 is 2.94 bits per heavy atom. The Kier molecular flexibility index (Phi) is 2.90. The molecule has 3 nitrogen and oxygen atoms in total. The van der Waals surface area contributed by atoms with E-state index >= 15 is 0 Å². The molecule has 0 bridgehead atoms. The molecule has 1 saturated carbocycles. The van der Waals surface area contributed by atoms with Crippen LogP contribution in [0.4, 0.5) is 0 Å².